The van der Waals surface area contributed by atoms with Gasteiger partial charge in [-0.2, -0.15) is 0 Å². The number of rotatable bonds is 6. The highest BCUT2D eigenvalue weighted by atomic mass is 32.2. The summed E-state index contributed by atoms with van der Waals surface area (Å²) in [4.78, 5) is 4.35. The highest BCUT2D eigenvalue weighted by Gasteiger charge is 2.07. The number of hydrogen-bond donors (Lipinski definition) is 1. The smallest absolute Gasteiger partial charge is 0.148 e. The molecule has 120 valence electrons. The monoisotopic (exact) mass is 330 g/mol. The van der Waals surface area contributed by atoms with Gasteiger partial charge in [-0.3, -0.25) is 4.98 Å². The third kappa shape index (κ3) is 4.18. The number of nitrogens with one attached hydrogen (secondary N) is 1. The van der Waals surface area contributed by atoms with E-state index in [0.717, 1.165) is 28.0 Å². The van der Waals surface area contributed by atoms with Gasteiger partial charge in [-0.05, 0) is 24.3 Å². The Morgan fingerprint density at radius 2 is 2.04 bits per heavy atom. The summed E-state index contributed by atoms with van der Waals surface area (Å²) in [5.74, 6) is 1.67. The van der Waals surface area contributed by atoms with Crippen molar-refractivity contribution in [3.8, 4) is 11.3 Å². The first-order valence-electron chi connectivity index (χ1n) is 7.34. The molecule has 0 unspecified atom stereocenters. The van der Waals surface area contributed by atoms with Crippen molar-refractivity contribution in [3.05, 3.63) is 54.4 Å². The molecule has 0 radical (unpaired) electrons. The van der Waals surface area contributed by atoms with Crippen molar-refractivity contribution < 1.29 is 12.8 Å². The molecule has 0 saturated carbocycles. The summed E-state index contributed by atoms with van der Waals surface area (Å²) in [7, 11) is -2.94. The summed E-state index contributed by atoms with van der Waals surface area (Å²) in [5.41, 5.74) is 1.90. The standard InChI is InChI=1S/C17H18N2O3S/c1-23(20,21)10-9-18-12-15-6-7-17(22-15)14-5-4-13-3-2-8-19-16(13)11-14/h2-8,11,18H,9-10,12H2,1H3. The van der Waals surface area contributed by atoms with Crippen LogP contribution in [0.15, 0.2) is 53.1 Å². The second-order valence-electron chi connectivity index (χ2n) is 5.48. The molecule has 6 heteroatoms. The molecule has 0 aliphatic carbocycles. The van der Waals surface area contributed by atoms with Crippen molar-refractivity contribution in [2.75, 3.05) is 18.6 Å². The molecule has 0 aliphatic heterocycles. The fourth-order valence-electron chi connectivity index (χ4n) is 2.32. The predicted octanol–water partition coefficient (Wildman–Crippen LogP) is 2.63. The summed E-state index contributed by atoms with van der Waals surface area (Å²) in [6, 6.07) is 13.8. The lowest BCUT2D eigenvalue weighted by Crippen LogP contribution is -2.21. The number of benzene rings is 1. The molecular formula is C17H18N2O3S. The Morgan fingerprint density at radius 1 is 1.17 bits per heavy atom. The van der Waals surface area contributed by atoms with E-state index in [1.807, 2.05) is 42.5 Å². The first-order chi connectivity index (χ1) is 11.0. The zero-order chi connectivity index (χ0) is 16.3. The average Bonchev–Trinajstić information content (AvgIpc) is 2.99. The lowest BCUT2D eigenvalue weighted by atomic mass is 10.1. The van der Waals surface area contributed by atoms with Crippen LogP contribution < -0.4 is 5.32 Å². The third-order valence-electron chi connectivity index (χ3n) is 3.50. The van der Waals surface area contributed by atoms with Crippen LogP contribution in [-0.4, -0.2) is 32.0 Å². The number of pyridine rings is 1. The van der Waals surface area contributed by atoms with Crippen molar-refractivity contribution in [1.29, 1.82) is 0 Å². The van der Waals surface area contributed by atoms with Gasteiger partial charge in [-0.1, -0.05) is 18.2 Å². The molecule has 3 aromatic rings. The second-order valence-corrected chi connectivity index (χ2v) is 7.74. The zero-order valence-corrected chi connectivity index (χ0v) is 13.6. The third-order valence-corrected chi connectivity index (χ3v) is 4.45. The van der Waals surface area contributed by atoms with Gasteiger partial charge >= 0.3 is 0 Å². The van der Waals surface area contributed by atoms with E-state index >= 15 is 0 Å². The minimum absolute atomic E-state index is 0.122. The minimum Gasteiger partial charge on any atom is -0.460 e. The summed E-state index contributed by atoms with van der Waals surface area (Å²) in [5, 5.41) is 4.16. The Balaban J connectivity index is 1.68. The maximum absolute atomic E-state index is 11.1. The van der Waals surface area contributed by atoms with Gasteiger partial charge in [0.15, 0.2) is 0 Å². The number of furan rings is 1. The average molecular weight is 330 g/mol. The Bertz CT molecular complexity index is 916. The molecule has 3 rings (SSSR count). The molecule has 2 aromatic heterocycles. The summed E-state index contributed by atoms with van der Waals surface area (Å²) < 4.78 is 28.0. The molecular weight excluding hydrogens is 312 g/mol. The molecule has 1 aromatic carbocycles. The van der Waals surface area contributed by atoms with Crippen LogP contribution in [0.1, 0.15) is 5.76 Å². The maximum Gasteiger partial charge on any atom is 0.148 e. The van der Waals surface area contributed by atoms with Crippen LogP contribution in [0.3, 0.4) is 0 Å². The minimum atomic E-state index is -2.94. The topological polar surface area (TPSA) is 72.2 Å². The van der Waals surface area contributed by atoms with E-state index in [-0.39, 0.29) is 5.75 Å². The molecule has 0 bridgehead atoms. The van der Waals surface area contributed by atoms with Crippen LogP contribution in [0.2, 0.25) is 0 Å². The van der Waals surface area contributed by atoms with Crippen molar-refractivity contribution in [1.82, 2.24) is 10.3 Å². The molecule has 0 spiro atoms. The Labute approximate surface area is 135 Å². The first-order valence-corrected chi connectivity index (χ1v) is 9.40. The molecule has 23 heavy (non-hydrogen) atoms. The van der Waals surface area contributed by atoms with Crippen LogP contribution in [0.4, 0.5) is 0 Å². The quantitative estimate of drug-likeness (QED) is 0.704. The zero-order valence-electron chi connectivity index (χ0n) is 12.8. The van der Waals surface area contributed by atoms with Gasteiger partial charge in [0.1, 0.15) is 21.4 Å². The summed E-state index contributed by atoms with van der Waals surface area (Å²) >= 11 is 0. The summed E-state index contributed by atoms with van der Waals surface area (Å²) in [6.45, 7) is 0.913. The SMILES string of the molecule is CS(=O)(=O)CCNCc1ccc(-c2ccc3cccnc3c2)o1. The molecule has 5 nitrogen and oxygen atoms in total. The van der Waals surface area contributed by atoms with Crippen LogP contribution in [0.25, 0.3) is 22.2 Å². The lowest BCUT2D eigenvalue weighted by Gasteiger charge is -2.02. The van der Waals surface area contributed by atoms with E-state index in [4.69, 9.17) is 4.42 Å². The van der Waals surface area contributed by atoms with E-state index in [1.165, 1.54) is 6.26 Å². The van der Waals surface area contributed by atoms with Gasteiger partial charge in [-0.25, -0.2) is 8.42 Å². The van der Waals surface area contributed by atoms with Crippen molar-refractivity contribution in [2.45, 2.75) is 6.54 Å². The number of nitrogens with zero attached hydrogens (tertiary/aromatic N) is 1. The van der Waals surface area contributed by atoms with Crippen molar-refractivity contribution >= 4 is 20.7 Å². The highest BCUT2D eigenvalue weighted by Crippen LogP contribution is 2.25. The molecule has 0 amide bonds. The molecule has 0 aliphatic rings. The molecule has 0 fully saturated rings. The van der Waals surface area contributed by atoms with Gasteiger partial charge in [0.05, 0.1) is 17.8 Å². The fraction of sp³-hybridized carbons (Fsp3) is 0.235. The highest BCUT2D eigenvalue weighted by molar-refractivity contribution is 7.90. The Hall–Kier alpha value is -2.18. The van der Waals surface area contributed by atoms with Gasteiger partial charge in [-0.15, -0.1) is 0 Å². The summed E-state index contributed by atoms with van der Waals surface area (Å²) in [6.07, 6.45) is 3.00. The van der Waals surface area contributed by atoms with Gasteiger partial charge in [0.25, 0.3) is 0 Å². The fourth-order valence-corrected chi connectivity index (χ4v) is 2.83. The van der Waals surface area contributed by atoms with Crippen LogP contribution >= 0.6 is 0 Å². The van der Waals surface area contributed by atoms with Gasteiger partial charge in [0, 0.05) is 29.9 Å². The molecule has 2 heterocycles. The van der Waals surface area contributed by atoms with Crippen LogP contribution in [0.5, 0.6) is 0 Å². The number of fused-ring (bicyclic) bond motifs is 1. The van der Waals surface area contributed by atoms with E-state index in [1.54, 1.807) is 6.20 Å². The Morgan fingerprint density at radius 3 is 2.87 bits per heavy atom. The van der Waals surface area contributed by atoms with E-state index in [2.05, 4.69) is 10.3 Å². The Kier molecular flexibility index (Phi) is 4.45. The predicted molar refractivity (Wildman–Crippen MR) is 90.9 cm³/mol. The first kappa shape index (κ1) is 15.7. The largest absolute Gasteiger partial charge is 0.460 e. The van der Waals surface area contributed by atoms with Crippen molar-refractivity contribution in [3.63, 3.8) is 0 Å². The maximum atomic E-state index is 11.1. The second kappa shape index (κ2) is 6.52. The molecule has 0 saturated heterocycles. The van der Waals surface area contributed by atoms with Crippen molar-refractivity contribution in [2.24, 2.45) is 0 Å². The van der Waals surface area contributed by atoms with Crippen LogP contribution in [0, 0.1) is 0 Å². The van der Waals surface area contributed by atoms with E-state index in [0.29, 0.717) is 13.1 Å². The molecule has 0 atom stereocenters. The normalized spacial score (nSPS) is 11.9. The number of sulfone groups is 1. The lowest BCUT2D eigenvalue weighted by molar-refractivity contribution is 0.498. The van der Waals surface area contributed by atoms with Crippen LogP contribution in [-0.2, 0) is 16.4 Å². The van der Waals surface area contributed by atoms with E-state index in [9.17, 15) is 8.42 Å². The number of aromatic nitrogens is 1. The van der Waals surface area contributed by atoms with Gasteiger partial charge < -0.3 is 9.73 Å². The van der Waals surface area contributed by atoms with E-state index < -0.39 is 9.84 Å². The number of hydrogen-bond acceptors (Lipinski definition) is 5. The molecule has 1 N–H and O–H groups in total. The van der Waals surface area contributed by atoms with Gasteiger partial charge in [0.2, 0.25) is 0 Å².